The van der Waals surface area contributed by atoms with Crippen molar-refractivity contribution in [1.82, 2.24) is 0 Å². The number of carbonyl (C=O) groups excluding carboxylic acids is 1. The van der Waals surface area contributed by atoms with Crippen LogP contribution in [0, 0.1) is 0 Å². The largest absolute Gasteiger partial charge is 0.456 e. The molecule has 0 saturated heterocycles. The number of para-hydroxylation sites is 1. The summed E-state index contributed by atoms with van der Waals surface area (Å²) in [4.78, 5) is 12.8. The van der Waals surface area contributed by atoms with E-state index in [2.05, 4.69) is 5.32 Å². The Hall–Kier alpha value is -3.28. The third-order valence-corrected chi connectivity index (χ3v) is 4.75. The van der Waals surface area contributed by atoms with Gasteiger partial charge in [0.05, 0.1) is 22.5 Å². The molecule has 1 N–H and O–H groups in total. The Labute approximate surface area is 186 Å². The number of hydrogen-bond donors (Lipinski definition) is 1. The van der Waals surface area contributed by atoms with E-state index in [0.29, 0.717) is 6.42 Å². The molecule has 168 valence electrons. The second kappa shape index (κ2) is 9.47. The summed E-state index contributed by atoms with van der Waals surface area (Å²) < 4.78 is 45.9. The standard InChI is InChI=1S/C26H26F3NO2/c1-25(2,3)32-24(31)20-16-15-19(14-13-18-9-5-4-6-10-18)17-23(20)30-22-12-8-7-11-21(22)26(27,28)29/h4-12,15-17,30H,13-14H2,1-3H3. The number of aryl methyl sites for hydroxylation is 2. The minimum absolute atomic E-state index is 0.120. The van der Waals surface area contributed by atoms with Crippen LogP contribution >= 0.6 is 0 Å². The molecule has 0 radical (unpaired) electrons. The minimum Gasteiger partial charge on any atom is -0.456 e. The van der Waals surface area contributed by atoms with Gasteiger partial charge in [-0.3, -0.25) is 0 Å². The normalized spacial score (nSPS) is 11.8. The molecular formula is C26H26F3NO2. The highest BCUT2D eigenvalue weighted by atomic mass is 19.4. The molecule has 0 fully saturated rings. The number of alkyl halides is 3. The molecule has 6 heteroatoms. The van der Waals surface area contributed by atoms with E-state index >= 15 is 0 Å². The molecular weight excluding hydrogens is 415 g/mol. The Morgan fingerprint density at radius 1 is 0.812 bits per heavy atom. The fourth-order valence-corrected chi connectivity index (χ4v) is 3.28. The first-order valence-corrected chi connectivity index (χ1v) is 10.4. The van der Waals surface area contributed by atoms with Crippen molar-refractivity contribution in [2.75, 3.05) is 5.32 Å². The van der Waals surface area contributed by atoms with Crippen LogP contribution < -0.4 is 5.32 Å². The first-order valence-electron chi connectivity index (χ1n) is 10.4. The maximum Gasteiger partial charge on any atom is 0.418 e. The molecule has 0 aliphatic carbocycles. The molecule has 0 amide bonds. The highest BCUT2D eigenvalue weighted by Crippen LogP contribution is 2.36. The molecule has 3 aromatic carbocycles. The van der Waals surface area contributed by atoms with Gasteiger partial charge in [0.1, 0.15) is 5.60 Å². The molecule has 0 spiro atoms. The first-order chi connectivity index (χ1) is 15.0. The predicted octanol–water partition coefficient (Wildman–Crippen LogP) is 7.19. The van der Waals surface area contributed by atoms with Crippen molar-refractivity contribution in [1.29, 1.82) is 0 Å². The molecule has 0 aliphatic rings. The molecule has 0 saturated carbocycles. The van der Waals surface area contributed by atoms with Crippen molar-refractivity contribution in [2.45, 2.75) is 45.4 Å². The van der Waals surface area contributed by atoms with E-state index in [1.165, 1.54) is 18.2 Å². The van der Waals surface area contributed by atoms with Gasteiger partial charge in [-0.15, -0.1) is 0 Å². The van der Waals surface area contributed by atoms with E-state index < -0.39 is 23.3 Å². The Kier molecular flexibility index (Phi) is 6.92. The highest BCUT2D eigenvalue weighted by Gasteiger charge is 2.33. The molecule has 0 atom stereocenters. The van der Waals surface area contributed by atoms with Gasteiger partial charge in [-0.1, -0.05) is 48.5 Å². The Morgan fingerprint density at radius 2 is 1.44 bits per heavy atom. The molecule has 32 heavy (non-hydrogen) atoms. The SMILES string of the molecule is CC(C)(C)OC(=O)c1ccc(CCc2ccccc2)cc1Nc1ccccc1C(F)(F)F. The zero-order valence-electron chi connectivity index (χ0n) is 18.3. The summed E-state index contributed by atoms with van der Waals surface area (Å²) >= 11 is 0. The molecule has 0 bridgehead atoms. The van der Waals surface area contributed by atoms with Crippen molar-refractivity contribution in [2.24, 2.45) is 0 Å². The number of hydrogen-bond acceptors (Lipinski definition) is 3. The topological polar surface area (TPSA) is 38.3 Å². The second-order valence-corrected chi connectivity index (χ2v) is 8.54. The Balaban J connectivity index is 1.95. The van der Waals surface area contributed by atoms with E-state index in [0.717, 1.165) is 23.6 Å². The lowest BCUT2D eigenvalue weighted by Crippen LogP contribution is -2.24. The molecule has 0 heterocycles. The maximum absolute atomic E-state index is 13.5. The number of anilines is 2. The monoisotopic (exact) mass is 441 g/mol. The van der Waals surface area contributed by atoms with Crippen molar-refractivity contribution in [3.63, 3.8) is 0 Å². The number of rotatable bonds is 6. The average molecular weight is 441 g/mol. The smallest absolute Gasteiger partial charge is 0.418 e. The van der Waals surface area contributed by atoms with Gasteiger partial charge < -0.3 is 10.1 Å². The minimum atomic E-state index is -4.53. The van der Waals surface area contributed by atoms with Crippen LogP contribution in [0.1, 0.15) is 47.8 Å². The number of ether oxygens (including phenoxy) is 1. The molecule has 3 aromatic rings. The lowest BCUT2D eigenvalue weighted by molar-refractivity contribution is -0.136. The van der Waals surface area contributed by atoms with Crippen LogP contribution in [0.15, 0.2) is 72.8 Å². The van der Waals surface area contributed by atoms with Gasteiger partial charge in [-0.2, -0.15) is 13.2 Å². The fourth-order valence-electron chi connectivity index (χ4n) is 3.28. The van der Waals surface area contributed by atoms with Crippen LogP contribution in [-0.4, -0.2) is 11.6 Å². The fraction of sp³-hybridized carbons (Fsp3) is 0.269. The van der Waals surface area contributed by atoms with Crippen molar-refractivity contribution in [3.05, 3.63) is 95.1 Å². The van der Waals surface area contributed by atoms with Crippen LogP contribution in [0.25, 0.3) is 0 Å². The van der Waals surface area contributed by atoms with E-state index in [9.17, 15) is 18.0 Å². The number of halogens is 3. The van der Waals surface area contributed by atoms with Gasteiger partial charge in [0.25, 0.3) is 0 Å². The molecule has 3 nitrogen and oxygen atoms in total. The summed E-state index contributed by atoms with van der Waals surface area (Å²) in [6.07, 6.45) is -3.08. The maximum atomic E-state index is 13.5. The average Bonchev–Trinajstić information content (AvgIpc) is 2.71. The number of esters is 1. The molecule has 0 aliphatic heterocycles. The molecule has 0 aromatic heterocycles. The second-order valence-electron chi connectivity index (χ2n) is 8.54. The predicted molar refractivity (Wildman–Crippen MR) is 120 cm³/mol. The number of benzene rings is 3. The third-order valence-electron chi connectivity index (χ3n) is 4.75. The van der Waals surface area contributed by atoms with E-state index in [1.807, 2.05) is 36.4 Å². The highest BCUT2D eigenvalue weighted by molar-refractivity contribution is 5.97. The first kappa shape index (κ1) is 23.4. The van der Waals surface area contributed by atoms with Crippen LogP contribution in [0.4, 0.5) is 24.5 Å². The number of nitrogens with one attached hydrogen (secondary N) is 1. The van der Waals surface area contributed by atoms with E-state index in [-0.39, 0.29) is 16.9 Å². The summed E-state index contributed by atoms with van der Waals surface area (Å²) in [6, 6.07) is 20.2. The zero-order chi connectivity index (χ0) is 23.4. The van der Waals surface area contributed by atoms with Gasteiger partial charge in [0.15, 0.2) is 0 Å². The van der Waals surface area contributed by atoms with Gasteiger partial charge in [0.2, 0.25) is 0 Å². The number of carbonyl (C=O) groups is 1. The summed E-state index contributed by atoms with van der Waals surface area (Å²) in [5.74, 6) is -0.598. The van der Waals surface area contributed by atoms with Gasteiger partial charge >= 0.3 is 12.1 Å². The summed E-state index contributed by atoms with van der Waals surface area (Å²) in [5, 5.41) is 2.83. The Morgan fingerprint density at radius 3 is 2.09 bits per heavy atom. The lowest BCUT2D eigenvalue weighted by Gasteiger charge is -2.22. The van der Waals surface area contributed by atoms with Gasteiger partial charge in [0, 0.05) is 0 Å². The molecule has 0 unspecified atom stereocenters. The van der Waals surface area contributed by atoms with Gasteiger partial charge in [-0.05, 0) is 69.0 Å². The Bertz CT molecular complexity index is 1070. The summed E-state index contributed by atoms with van der Waals surface area (Å²) in [5.41, 5.74) is 0.857. The van der Waals surface area contributed by atoms with E-state index in [1.54, 1.807) is 32.9 Å². The lowest BCUT2D eigenvalue weighted by atomic mass is 10.0. The van der Waals surface area contributed by atoms with Crippen LogP contribution in [0.3, 0.4) is 0 Å². The molecule has 3 rings (SSSR count). The van der Waals surface area contributed by atoms with Crippen LogP contribution in [0.5, 0.6) is 0 Å². The van der Waals surface area contributed by atoms with Crippen LogP contribution in [0.2, 0.25) is 0 Å². The zero-order valence-corrected chi connectivity index (χ0v) is 18.3. The third kappa shape index (κ3) is 6.36. The summed E-state index contributed by atoms with van der Waals surface area (Å²) in [6.45, 7) is 5.22. The van der Waals surface area contributed by atoms with Crippen molar-refractivity contribution in [3.8, 4) is 0 Å². The van der Waals surface area contributed by atoms with Crippen molar-refractivity contribution >= 4 is 17.3 Å². The van der Waals surface area contributed by atoms with Crippen LogP contribution in [-0.2, 0) is 23.8 Å². The van der Waals surface area contributed by atoms with E-state index in [4.69, 9.17) is 4.74 Å². The van der Waals surface area contributed by atoms with Crippen molar-refractivity contribution < 1.29 is 22.7 Å². The summed E-state index contributed by atoms with van der Waals surface area (Å²) in [7, 11) is 0. The van der Waals surface area contributed by atoms with Gasteiger partial charge in [-0.25, -0.2) is 4.79 Å². The quantitative estimate of drug-likeness (QED) is 0.412.